The van der Waals surface area contributed by atoms with E-state index >= 15 is 0 Å². The van der Waals surface area contributed by atoms with Crippen LogP contribution >= 0.6 is 11.6 Å². The minimum Gasteiger partial charge on any atom is -0.492 e. The molecule has 2 bridgehead atoms. The third kappa shape index (κ3) is 2.40. The lowest BCUT2D eigenvalue weighted by Crippen LogP contribution is -2.57. The fraction of sp³-hybridized carbons (Fsp3) is 0.562. The fourth-order valence-electron chi connectivity index (χ4n) is 3.81. The number of piperidine rings is 3. The molecule has 3 saturated heterocycles. The Hall–Kier alpha value is -1.26. The Balaban J connectivity index is 1.56. The summed E-state index contributed by atoms with van der Waals surface area (Å²) in [6.07, 6.45) is 3.21. The largest absolute Gasteiger partial charge is 0.492 e. The number of hydrogen-bond donors (Lipinski definition) is 1. The van der Waals surface area contributed by atoms with E-state index in [4.69, 9.17) is 16.3 Å². The van der Waals surface area contributed by atoms with Crippen LogP contribution in [0.3, 0.4) is 0 Å². The molecule has 1 aromatic rings. The second kappa shape index (κ2) is 5.18. The van der Waals surface area contributed by atoms with E-state index in [0.717, 1.165) is 24.3 Å². The number of halogens is 1. The summed E-state index contributed by atoms with van der Waals surface area (Å²) in [4.78, 5) is 15.1. The molecule has 1 unspecified atom stereocenters. The van der Waals surface area contributed by atoms with Crippen molar-refractivity contribution in [2.24, 2.45) is 5.92 Å². The molecule has 0 aromatic heterocycles. The summed E-state index contributed by atoms with van der Waals surface area (Å²) >= 11 is 6.13. The van der Waals surface area contributed by atoms with Crippen LogP contribution in [0.25, 0.3) is 0 Å². The zero-order chi connectivity index (χ0) is 14.4. The van der Waals surface area contributed by atoms with Gasteiger partial charge in [-0.2, -0.15) is 0 Å². The van der Waals surface area contributed by atoms with E-state index in [-0.39, 0.29) is 11.9 Å². The summed E-state index contributed by atoms with van der Waals surface area (Å²) < 4.78 is 5.63. The van der Waals surface area contributed by atoms with Crippen LogP contribution < -0.4 is 10.1 Å². The minimum atomic E-state index is -0.0469. The Morgan fingerprint density at radius 3 is 2.86 bits per heavy atom. The van der Waals surface area contributed by atoms with Crippen LogP contribution in [-0.2, 0) is 6.42 Å². The number of fused-ring (bicyclic) bond motifs is 4. The van der Waals surface area contributed by atoms with Crippen LogP contribution in [0, 0.1) is 5.92 Å². The number of rotatable bonds is 2. The second-order valence-electron chi connectivity index (χ2n) is 6.26. The average molecular weight is 307 g/mol. The monoisotopic (exact) mass is 306 g/mol. The molecule has 1 amide bonds. The van der Waals surface area contributed by atoms with Crippen molar-refractivity contribution in [3.8, 4) is 5.75 Å². The van der Waals surface area contributed by atoms with Crippen molar-refractivity contribution < 1.29 is 9.53 Å². The molecular formula is C16H19ClN2O2. The number of benzene rings is 1. The maximum absolute atomic E-state index is 12.6. The quantitative estimate of drug-likeness (QED) is 0.910. The van der Waals surface area contributed by atoms with Gasteiger partial charge in [-0.1, -0.05) is 11.6 Å². The lowest BCUT2D eigenvalue weighted by atomic mass is 9.84. The molecule has 1 atom stereocenters. The van der Waals surface area contributed by atoms with Crippen molar-refractivity contribution in [3.05, 3.63) is 28.3 Å². The molecular weight excluding hydrogens is 288 g/mol. The lowest BCUT2D eigenvalue weighted by Gasteiger charge is -2.44. The van der Waals surface area contributed by atoms with Gasteiger partial charge in [-0.3, -0.25) is 4.79 Å². The van der Waals surface area contributed by atoms with E-state index in [2.05, 4.69) is 10.2 Å². The normalized spacial score (nSPS) is 29.9. The third-order valence-corrected chi connectivity index (χ3v) is 5.18. The van der Waals surface area contributed by atoms with Crippen LogP contribution in [0.2, 0.25) is 5.02 Å². The van der Waals surface area contributed by atoms with Crippen molar-refractivity contribution in [3.63, 3.8) is 0 Å². The van der Waals surface area contributed by atoms with Gasteiger partial charge in [-0.05, 0) is 49.5 Å². The molecule has 4 heterocycles. The lowest BCUT2D eigenvalue weighted by molar-refractivity contribution is 0.0619. The second-order valence-corrected chi connectivity index (χ2v) is 6.69. The number of nitrogens with zero attached hydrogens (tertiary/aromatic N) is 1. The SMILES string of the molecule is O=C(NC1CN2CCC1CC2)c1cc(Cl)cc2c1OCC2. The number of amides is 1. The molecule has 112 valence electrons. The number of ether oxygens (including phenoxy) is 1. The molecule has 21 heavy (non-hydrogen) atoms. The Labute approximate surface area is 129 Å². The van der Waals surface area contributed by atoms with Crippen LogP contribution in [-0.4, -0.2) is 43.1 Å². The molecule has 0 aliphatic carbocycles. The standard InChI is InChI=1S/C16H19ClN2O2/c17-12-7-11-3-6-21-15(11)13(8-12)16(20)18-14-9-19-4-1-10(14)2-5-19/h7-8,10,14H,1-6,9H2,(H,18,20). The van der Waals surface area contributed by atoms with Gasteiger partial charge in [-0.25, -0.2) is 0 Å². The molecule has 4 aliphatic heterocycles. The first-order valence-electron chi connectivity index (χ1n) is 7.69. The van der Waals surface area contributed by atoms with Gasteiger partial charge in [0.25, 0.3) is 5.91 Å². The first kappa shape index (κ1) is 13.4. The zero-order valence-electron chi connectivity index (χ0n) is 11.9. The van der Waals surface area contributed by atoms with Gasteiger partial charge >= 0.3 is 0 Å². The van der Waals surface area contributed by atoms with Crippen LogP contribution in [0.15, 0.2) is 12.1 Å². The molecule has 1 aromatic carbocycles. The smallest absolute Gasteiger partial charge is 0.255 e. The maximum atomic E-state index is 12.6. The van der Waals surface area contributed by atoms with Gasteiger partial charge in [0.2, 0.25) is 0 Å². The Kier molecular flexibility index (Phi) is 3.31. The van der Waals surface area contributed by atoms with Crippen molar-refractivity contribution in [2.45, 2.75) is 25.3 Å². The van der Waals surface area contributed by atoms with E-state index in [0.29, 0.717) is 23.1 Å². The number of nitrogens with one attached hydrogen (secondary N) is 1. The van der Waals surface area contributed by atoms with E-state index in [1.54, 1.807) is 6.07 Å². The van der Waals surface area contributed by atoms with Crippen molar-refractivity contribution >= 4 is 17.5 Å². The summed E-state index contributed by atoms with van der Waals surface area (Å²) in [5.41, 5.74) is 1.63. The maximum Gasteiger partial charge on any atom is 0.255 e. The summed E-state index contributed by atoms with van der Waals surface area (Å²) in [6.45, 7) is 3.95. The molecule has 4 aliphatic rings. The Bertz CT molecular complexity index is 582. The Morgan fingerprint density at radius 2 is 2.14 bits per heavy atom. The predicted octanol–water partition coefficient (Wildman–Crippen LogP) is 2.10. The van der Waals surface area contributed by atoms with E-state index in [1.165, 1.54) is 25.9 Å². The van der Waals surface area contributed by atoms with E-state index in [9.17, 15) is 4.79 Å². The molecule has 4 nitrogen and oxygen atoms in total. The molecule has 1 N–H and O–H groups in total. The van der Waals surface area contributed by atoms with Crippen molar-refractivity contribution in [1.82, 2.24) is 10.2 Å². The fourth-order valence-corrected chi connectivity index (χ4v) is 4.05. The topological polar surface area (TPSA) is 41.6 Å². The minimum absolute atomic E-state index is 0.0469. The highest BCUT2D eigenvalue weighted by atomic mass is 35.5. The summed E-state index contributed by atoms with van der Waals surface area (Å²) in [7, 11) is 0. The van der Waals surface area contributed by atoms with Gasteiger partial charge < -0.3 is 15.0 Å². The van der Waals surface area contributed by atoms with Gasteiger partial charge in [-0.15, -0.1) is 0 Å². The highest BCUT2D eigenvalue weighted by molar-refractivity contribution is 6.31. The molecule has 0 saturated carbocycles. The highest BCUT2D eigenvalue weighted by Gasteiger charge is 2.35. The zero-order valence-corrected chi connectivity index (χ0v) is 12.7. The molecule has 0 spiro atoms. The van der Waals surface area contributed by atoms with Crippen LogP contribution in [0.5, 0.6) is 5.75 Å². The van der Waals surface area contributed by atoms with Crippen molar-refractivity contribution in [2.75, 3.05) is 26.2 Å². The van der Waals surface area contributed by atoms with Gasteiger partial charge in [0, 0.05) is 24.0 Å². The molecule has 0 radical (unpaired) electrons. The van der Waals surface area contributed by atoms with Crippen LogP contribution in [0.4, 0.5) is 0 Å². The predicted molar refractivity (Wildman–Crippen MR) is 81.1 cm³/mol. The van der Waals surface area contributed by atoms with Gasteiger partial charge in [0.15, 0.2) is 0 Å². The number of carbonyl (C=O) groups excluding carboxylic acids is 1. The number of hydrogen-bond acceptors (Lipinski definition) is 3. The average Bonchev–Trinajstić information content (AvgIpc) is 2.95. The molecule has 5 heteroatoms. The van der Waals surface area contributed by atoms with Crippen LogP contribution in [0.1, 0.15) is 28.8 Å². The summed E-state index contributed by atoms with van der Waals surface area (Å²) in [6, 6.07) is 3.88. The Morgan fingerprint density at radius 1 is 1.33 bits per heavy atom. The summed E-state index contributed by atoms with van der Waals surface area (Å²) in [5.74, 6) is 1.29. The third-order valence-electron chi connectivity index (χ3n) is 4.97. The van der Waals surface area contributed by atoms with Gasteiger partial charge in [0.05, 0.1) is 12.2 Å². The van der Waals surface area contributed by atoms with Crippen molar-refractivity contribution in [1.29, 1.82) is 0 Å². The first-order valence-corrected chi connectivity index (χ1v) is 8.07. The summed E-state index contributed by atoms with van der Waals surface area (Å²) in [5, 5.41) is 3.81. The highest BCUT2D eigenvalue weighted by Crippen LogP contribution is 2.33. The van der Waals surface area contributed by atoms with Gasteiger partial charge in [0.1, 0.15) is 5.75 Å². The number of carbonyl (C=O) groups is 1. The molecule has 3 fully saturated rings. The van der Waals surface area contributed by atoms with E-state index in [1.807, 2.05) is 6.07 Å². The molecule has 5 rings (SSSR count). The van der Waals surface area contributed by atoms with E-state index < -0.39 is 0 Å². The first-order chi connectivity index (χ1) is 10.2.